The lowest BCUT2D eigenvalue weighted by Crippen LogP contribution is -2.34. The molecule has 0 saturated heterocycles. The second kappa shape index (κ2) is 11.0. The molecule has 1 aromatic heterocycles. The van der Waals surface area contributed by atoms with E-state index in [1.54, 1.807) is 24.6 Å². The number of unbranched alkanes of at least 4 members (excludes halogenated alkanes) is 1. The fourth-order valence-corrected chi connectivity index (χ4v) is 4.91. The molecule has 2 aliphatic heterocycles. The van der Waals surface area contributed by atoms with Crippen LogP contribution in [0.4, 0.5) is 0 Å². The van der Waals surface area contributed by atoms with Gasteiger partial charge in [-0.25, -0.2) is 9.97 Å². The van der Waals surface area contributed by atoms with E-state index in [9.17, 15) is 4.79 Å². The number of hydrogen-bond donors (Lipinski definition) is 0. The quantitative estimate of drug-likeness (QED) is 0.427. The Bertz CT molecular complexity index is 1310. The molecule has 0 fully saturated rings. The molecule has 186 valence electrons. The first-order chi connectivity index (χ1) is 17.6. The number of rotatable bonds is 8. The first-order valence-corrected chi connectivity index (χ1v) is 12.5. The number of methoxy groups -OCH3 is 1. The Kier molecular flexibility index (Phi) is 7.39. The van der Waals surface area contributed by atoms with E-state index < -0.39 is 0 Å². The highest BCUT2D eigenvalue weighted by Crippen LogP contribution is 2.28. The van der Waals surface area contributed by atoms with Crippen molar-refractivity contribution in [2.75, 3.05) is 39.9 Å². The fraction of sp³-hybridized carbons (Fsp3) is 0.345. The Balaban J connectivity index is 1.21. The van der Waals surface area contributed by atoms with Gasteiger partial charge in [0.2, 0.25) is 0 Å². The number of aromatic nitrogens is 2. The smallest absolute Gasteiger partial charge is 0.261 e. The summed E-state index contributed by atoms with van der Waals surface area (Å²) in [5.41, 5.74) is 5.66. The second-order valence-corrected chi connectivity index (χ2v) is 9.36. The number of nitrogens with zero attached hydrogens (tertiary/aromatic N) is 4. The zero-order valence-electron chi connectivity index (χ0n) is 20.9. The van der Waals surface area contributed by atoms with Crippen LogP contribution in [-0.2, 0) is 4.74 Å². The van der Waals surface area contributed by atoms with E-state index in [1.807, 2.05) is 43.3 Å². The predicted molar refractivity (Wildman–Crippen MR) is 141 cm³/mol. The van der Waals surface area contributed by atoms with E-state index in [1.165, 1.54) is 5.57 Å². The molecule has 0 bridgehead atoms. The van der Waals surface area contributed by atoms with Crippen LogP contribution in [0.15, 0.2) is 66.8 Å². The molecular formula is C29H32N4O3. The number of amides is 1. The maximum absolute atomic E-state index is 13.4. The van der Waals surface area contributed by atoms with E-state index in [0.29, 0.717) is 24.5 Å². The van der Waals surface area contributed by atoms with Gasteiger partial charge in [0, 0.05) is 32.1 Å². The number of aryl methyl sites for hydroxylation is 1. The van der Waals surface area contributed by atoms with Crippen molar-refractivity contribution in [2.45, 2.75) is 26.2 Å². The van der Waals surface area contributed by atoms with Gasteiger partial charge in [-0.15, -0.1) is 0 Å². The molecule has 0 radical (unpaired) electrons. The van der Waals surface area contributed by atoms with Crippen LogP contribution < -0.4 is 4.74 Å². The molecule has 2 aliphatic rings. The molecule has 1 amide bonds. The molecule has 3 heterocycles. The zero-order valence-corrected chi connectivity index (χ0v) is 20.9. The molecule has 0 aliphatic carbocycles. The Morgan fingerprint density at radius 3 is 2.83 bits per heavy atom. The third-order valence-corrected chi connectivity index (χ3v) is 6.76. The summed E-state index contributed by atoms with van der Waals surface area (Å²) in [5, 5.41) is 1.10. The first-order valence-electron chi connectivity index (χ1n) is 12.5. The summed E-state index contributed by atoms with van der Waals surface area (Å²) in [6, 6.07) is 13.9. The van der Waals surface area contributed by atoms with Gasteiger partial charge in [0.05, 0.1) is 29.1 Å². The van der Waals surface area contributed by atoms with E-state index in [-0.39, 0.29) is 5.91 Å². The number of hydrogen-bond acceptors (Lipinski definition) is 6. The molecule has 5 rings (SSSR count). The molecule has 2 aromatic carbocycles. The number of carbonyl (C=O) groups excluding carboxylic acids is 1. The van der Waals surface area contributed by atoms with Crippen molar-refractivity contribution >= 4 is 22.4 Å². The predicted octanol–water partition coefficient (Wildman–Crippen LogP) is 4.83. The fourth-order valence-electron chi connectivity index (χ4n) is 4.91. The summed E-state index contributed by atoms with van der Waals surface area (Å²) in [6.07, 6.45) is 8.50. The minimum Gasteiger partial charge on any atom is -0.462 e. The number of benzene rings is 2. The number of para-hydroxylation sites is 1. The molecule has 0 unspecified atom stereocenters. The Labute approximate surface area is 212 Å². The summed E-state index contributed by atoms with van der Waals surface area (Å²) < 4.78 is 11.2. The molecule has 7 heteroatoms. The SMILES string of the molecule is COCC1=COc2cc(C)ccc2C(=O)N1CCCCN1CCC=C(c2ncnc3ccccc23)C1. The van der Waals surface area contributed by atoms with Gasteiger partial charge >= 0.3 is 0 Å². The van der Waals surface area contributed by atoms with E-state index in [0.717, 1.165) is 66.8 Å². The minimum atomic E-state index is -0.0374. The lowest BCUT2D eigenvalue weighted by molar-refractivity contribution is 0.0771. The van der Waals surface area contributed by atoms with Crippen molar-refractivity contribution in [3.8, 4) is 5.75 Å². The normalized spacial score (nSPS) is 16.3. The topological polar surface area (TPSA) is 67.8 Å². The molecule has 36 heavy (non-hydrogen) atoms. The van der Waals surface area contributed by atoms with E-state index in [2.05, 4.69) is 27.0 Å². The van der Waals surface area contributed by atoms with Gasteiger partial charge in [-0.2, -0.15) is 0 Å². The van der Waals surface area contributed by atoms with Gasteiger partial charge in [0.25, 0.3) is 5.91 Å². The summed E-state index contributed by atoms with van der Waals surface area (Å²) in [7, 11) is 1.63. The van der Waals surface area contributed by atoms with E-state index >= 15 is 0 Å². The van der Waals surface area contributed by atoms with Crippen LogP contribution >= 0.6 is 0 Å². The second-order valence-electron chi connectivity index (χ2n) is 9.36. The summed E-state index contributed by atoms with van der Waals surface area (Å²) in [4.78, 5) is 26.7. The molecular weight excluding hydrogens is 452 g/mol. The third kappa shape index (κ3) is 5.17. The monoisotopic (exact) mass is 484 g/mol. The van der Waals surface area contributed by atoms with Crippen LogP contribution in [0.3, 0.4) is 0 Å². The average molecular weight is 485 g/mol. The zero-order chi connectivity index (χ0) is 24.9. The van der Waals surface area contributed by atoms with Crippen molar-refractivity contribution in [1.29, 1.82) is 0 Å². The molecule has 7 nitrogen and oxygen atoms in total. The Hall–Kier alpha value is -3.55. The highest BCUT2D eigenvalue weighted by Gasteiger charge is 2.26. The van der Waals surface area contributed by atoms with E-state index in [4.69, 9.17) is 9.47 Å². The van der Waals surface area contributed by atoms with Gasteiger partial charge in [-0.1, -0.05) is 30.3 Å². The van der Waals surface area contributed by atoms with Crippen LogP contribution in [0, 0.1) is 6.92 Å². The largest absolute Gasteiger partial charge is 0.462 e. The molecule has 3 aromatic rings. The lowest BCUT2D eigenvalue weighted by atomic mass is 10.0. The summed E-state index contributed by atoms with van der Waals surface area (Å²) in [6.45, 7) is 5.82. The van der Waals surface area contributed by atoms with Crippen LogP contribution in [0.25, 0.3) is 16.5 Å². The van der Waals surface area contributed by atoms with Crippen LogP contribution in [-0.4, -0.2) is 65.6 Å². The molecule has 0 atom stereocenters. The highest BCUT2D eigenvalue weighted by atomic mass is 16.5. The van der Waals surface area contributed by atoms with Gasteiger partial charge < -0.3 is 14.4 Å². The van der Waals surface area contributed by atoms with Gasteiger partial charge in [-0.05, 0) is 62.1 Å². The number of carbonyl (C=O) groups is 1. The van der Waals surface area contributed by atoms with Crippen molar-refractivity contribution in [1.82, 2.24) is 19.8 Å². The maximum Gasteiger partial charge on any atom is 0.261 e. The Morgan fingerprint density at radius 1 is 1.08 bits per heavy atom. The average Bonchev–Trinajstić information content (AvgIpc) is 3.03. The van der Waals surface area contributed by atoms with Gasteiger partial charge in [-0.3, -0.25) is 9.69 Å². The standard InChI is InChI=1S/C29H32N4O3/c1-21-11-12-25-27(16-21)36-19-23(18-35-2)33(29(25)34)15-6-5-13-32-14-7-8-22(17-32)28-24-9-3-4-10-26(24)30-20-31-28/h3-4,8-12,16,19-20H,5-7,13-15,17-18H2,1-2H3. The summed E-state index contributed by atoms with van der Waals surface area (Å²) >= 11 is 0. The minimum absolute atomic E-state index is 0.0374. The van der Waals surface area contributed by atoms with Crippen molar-refractivity contribution in [3.05, 3.63) is 83.6 Å². The van der Waals surface area contributed by atoms with Crippen LogP contribution in [0.2, 0.25) is 0 Å². The molecule has 0 N–H and O–H groups in total. The van der Waals surface area contributed by atoms with Crippen LogP contribution in [0.5, 0.6) is 5.75 Å². The first kappa shape index (κ1) is 24.2. The van der Waals surface area contributed by atoms with Gasteiger partial charge in [0.1, 0.15) is 18.3 Å². The maximum atomic E-state index is 13.4. The highest BCUT2D eigenvalue weighted by molar-refractivity contribution is 5.98. The van der Waals surface area contributed by atoms with Crippen molar-refractivity contribution < 1.29 is 14.3 Å². The van der Waals surface area contributed by atoms with Crippen molar-refractivity contribution in [3.63, 3.8) is 0 Å². The Morgan fingerprint density at radius 2 is 1.94 bits per heavy atom. The molecule has 0 saturated carbocycles. The number of fused-ring (bicyclic) bond motifs is 2. The lowest BCUT2D eigenvalue weighted by Gasteiger charge is -2.28. The molecule has 0 spiro atoms. The number of ether oxygens (including phenoxy) is 2. The van der Waals surface area contributed by atoms with Crippen molar-refractivity contribution in [2.24, 2.45) is 0 Å². The van der Waals surface area contributed by atoms with Crippen LogP contribution in [0.1, 0.15) is 40.9 Å². The summed E-state index contributed by atoms with van der Waals surface area (Å²) in [5.74, 6) is 0.561. The van der Waals surface area contributed by atoms with Gasteiger partial charge in [0.15, 0.2) is 0 Å². The third-order valence-electron chi connectivity index (χ3n) is 6.76.